The van der Waals surface area contributed by atoms with Crippen molar-refractivity contribution in [2.75, 3.05) is 52.9 Å². The van der Waals surface area contributed by atoms with E-state index in [-0.39, 0.29) is 87.0 Å². The lowest BCUT2D eigenvalue weighted by Gasteiger charge is -2.29. The Labute approximate surface area is 530 Å². The summed E-state index contributed by atoms with van der Waals surface area (Å²) in [5.41, 5.74) is 9.12. The summed E-state index contributed by atoms with van der Waals surface area (Å²) >= 11 is 0. The van der Waals surface area contributed by atoms with Crippen LogP contribution in [0.5, 0.6) is 23.0 Å². The highest BCUT2D eigenvalue weighted by Crippen LogP contribution is 2.45. The summed E-state index contributed by atoms with van der Waals surface area (Å²) in [7, 11) is 0. The van der Waals surface area contributed by atoms with Crippen LogP contribution in [-0.2, 0) is 85.5 Å². The van der Waals surface area contributed by atoms with Crippen molar-refractivity contribution in [3.63, 3.8) is 0 Å². The van der Waals surface area contributed by atoms with Crippen LogP contribution in [0.2, 0.25) is 0 Å². The number of esters is 4. The zero-order valence-electron chi connectivity index (χ0n) is 57.3. The highest BCUT2D eigenvalue weighted by molar-refractivity contribution is 5.73. The number of hydrogen-bond acceptors (Lipinski definition) is 12. The molecule has 0 saturated carbocycles. The van der Waals surface area contributed by atoms with Crippen molar-refractivity contribution in [3.8, 4) is 23.0 Å². The summed E-state index contributed by atoms with van der Waals surface area (Å²) < 4.78 is 50.1. The van der Waals surface area contributed by atoms with Crippen molar-refractivity contribution in [2.45, 2.75) is 261 Å². The average Bonchev–Trinajstić information content (AvgIpc) is 0.825. The Morgan fingerprint density at radius 1 is 0.295 bits per heavy atom. The minimum Gasteiger partial charge on any atom is -0.481 e. The Balaban J connectivity index is 1.83. The fraction of sp³-hybridized carbons (Fsp3) is 0.632. The van der Waals surface area contributed by atoms with Crippen LogP contribution >= 0.6 is 0 Å². The maximum Gasteiger partial charge on any atom is 0.344 e. The molecule has 0 radical (unpaired) electrons. The summed E-state index contributed by atoms with van der Waals surface area (Å²) in [4.78, 5) is 54.7. The largest absolute Gasteiger partial charge is 0.481 e. The number of hydrogen-bond donors (Lipinski definition) is 0. The van der Waals surface area contributed by atoms with Crippen molar-refractivity contribution in [1.29, 1.82) is 0 Å². The van der Waals surface area contributed by atoms with Gasteiger partial charge in [0.2, 0.25) is 0 Å². The van der Waals surface area contributed by atoms with Gasteiger partial charge in [0, 0.05) is 25.7 Å². The van der Waals surface area contributed by atoms with E-state index in [2.05, 4.69) is 145 Å². The third-order valence-corrected chi connectivity index (χ3v) is 16.4. The van der Waals surface area contributed by atoms with Gasteiger partial charge < -0.3 is 37.9 Å². The Kier molecular flexibility index (Phi) is 28.8. The maximum absolute atomic E-state index is 13.9. The summed E-state index contributed by atoms with van der Waals surface area (Å²) in [6, 6.07) is 17.3. The van der Waals surface area contributed by atoms with Crippen LogP contribution in [0, 0.1) is 0 Å². The number of benzene rings is 4. The smallest absolute Gasteiger partial charge is 0.344 e. The van der Waals surface area contributed by atoms with Gasteiger partial charge in [0.05, 0.1) is 26.4 Å². The summed E-state index contributed by atoms with van der Waals surface area (Å²) in [6.45, 7) is 33.8. The maximum atomic E-state index is 13.9. The zero-order valence-corrected chi connectivity index (χ0v) is 57.3. The molecular weight excluding hydrogens is 1100 g/mol. The summed E-state index contributed by atoms with van der Waals surface area (Å²) in [5.74, 6) is 0.142. The lowest BCUT2D eigenvalue weighted by molar-refractivity contribution is -0.147. The van der Waals surface area contributed by atoms with Crippen molar-refractivity contribution in [2.24, 2.45) is 0 Å². The van der Waals surface area contributed by atoms with Gasteiger partial charge in [0.15, 0.2) is 26.4 Å². The molecule has 8 bridgehead atoms. The van der Waals surface area contributed by atoms with Gasteiger partial charge in [-0.2, -0.15) is 0 Å². The second-order valence-corrected chi connectivity index (χ2v) is 28.4. The molecule has 1 aliphatic rings. The number of carbonyl (C=O) groups excluding carboxylic acids is 4. The van der Waals surface area contributed by atoms with E-state index < -0.39 is 23.9 Å². The Bertz CT molecular complexity index is 2590. The first-order valence-corrected chi connectivity index (χ1v) is 33.4. The molecule has 12 heteroatoms. The van der Waals surface area contributed by atoms with Gasteiger partial charge in [-0.1, -0.05) is 235 Å². The van der Waals surface area contributed by atoms with Gasteiger partial charge in [0.1, 0.15) is 23.0 Å². The third kappa shape index (κ3) is 23.4. The molecule has 0 fully saturated rings. The molecule has 0 aliphatic heterocycles. The molecule has 0 aromatic heterocycles. The quantitative estimate of drug-likeness (QED) is 0.0230. The highest BCUT2D eigenvalue weighted by atomic mass is 16.6. The number of fused-ring (bicyclic) bond motifs is 8. The first-order chi connectivity index (χ1) is 41.7. The predicted molar refractivity (Wildman–Crippen MR) is 354 cm³/mol. The molecule has 4 aromatic rings. The minimum atomic E-state index is -0.503. The van der Waals surface area contributed by atoms with Gasteiger partial charge in [-0.15, -0.1) is 0 Å². The van der Waals surface area contributed by atoms with E-state index in [0.717, 1.165) is 105 Å². The van der Waals surface area contributed by atoms with E-state index in [9.17, 15) is 19.2 Å². The van der Waals surface area contributed by atoms with Gasteiger partial charge in [0.25, 0.3) is 0 Å². The van der Waals surface area contributed by atoms with Crippen molar-refractivity contribution in [1.82, 2.24) is 0 Å². The molecule has 12 nitrogen and oxygen atoms in total. The van der Waals surface area contributed by atoms with E-state index >= 15 is 0 Å². The fourth-order valence-electron chi connectivity index (χ4n) is 11.2. The third-order valence-electron chi connectivity index (χ3n) is 16.4. The Morgan fingerprint density at radius 3 is 0.682 bits per heavy atom. The monoisotopic (exact) mass is 1220 g/mol. The molecule has 0 N–H and O–H groups in total. The van der Waals surface area contributed by atoms with Crippen LogP contribution in [0.3, 0.4) is 0 Å². The molecule has 0 spiro atoms. The normalized spacial score (nSPS) is 12.7. The van der Waals surface area contributed by atoms with E-state index in [1.54, 1.807) is 13.8 Å². The molecule has 0 saturated heterocycles. The summed E-state index contributed by atoms with van der Waals surface area (Å²) in [6.07, 6.45) is 19.1. The minimum absolute atomic E-state index is 0.189. The SMILES string of the molecule is CCCCCCCCCCOC(=O)COc1c2cc(C(C)(C)C)cc1Cc1cc(C(C)(C)C)cc(c1OCC(=O)OCC)Cc1cc(C(C)(C)C)cc(c1OCC(=O)OCCCCCCCCCC)Cc1cc(C(C)(C)C)cc(c1OCC(=O)OCC)C2. The fourth-order valence-corrected chi connectivity index (χ4v) is 11.2. The van der Waals surface area contributed by atoms with Crippen molar-refractivity contribution >= 4 is 23.9 Å². The zero-order chi connectivity index (χ0) is 64.7. The molecule has 0 atom stereocenters. The van der Waals surface area contributed by atoms with Crippen LogP contribution in [-0.4, -0.2) is 76.7 Å². The van der Waals surface area contributed by atoms with Gasteiger partial charge in [-0.05, 0) is 115 Å². The van der Waals surface area contributed by atoms with Crippen LogP contribution in [0.1, 0.15) is 280 Å². The molecule has 0 heterocycles. The Hall–Kier alpha value is -6.04. The van der Waals surface area contributed by atoms with Crippen LogP contribution in [0.25, 0.3) is 0 Å². The second-order valence-electron chi connectivity index (χ2n) is 28.4. The molecule has 4 aromatic carbocycles. The first kappa shape index (κ1) is 72.7. The number of unbranched alkanes of at least 4 members (excludes halogenated alkanes) is 14. The first-order valence-electron chi connectivity index (χ1n) is 33.4. The van der Waals surface area contributed by atoms with Gasteiger partial charge in [-0.25, -0.2) is 19.2 Å². The molecular formula is C76H112O12. The van der Waals surface area contributed by atoms with Gasteiger partial charge >= 0.3 is 23.9 Å². The molecule has 88 heavy (non-hydrogen) atoms. The molecule has 0 amide bonds. The predicted octanol–water partition coefficient (Wildman–Crippen LogP) is 17.6. The van der Waals surface area contributed by atoms with E-state index in [1.165, 1.54) is 64.2 Å². The lowest BCUT2D eigenvalue weighted by atomic mass is 9.79. The molecule has 1 aliphatic carbocycles. The lowest BCUT2D eigenvalue weighted by Crippen LogP contribution is -2.21. The average molecular weight is 1220 g/mol. The van der Waals surface area contributed by atoms with Crippen molar-refractivity contribution < 1.29 is 57.1 Å². The highest BCUT2D eigenvalue weighted by Gasteiger charge is 2.31. The summed E-state index contributed by atoms with van der Waals surface area (Å²) in [5, 5.41) is 0. The topological polar surface area (TPSA) is 142 Å². The van der Waals surface area contributed by atoms with Crippen LogP contribution < -0.4 is 18.9 Å². The Morgan fingerprint density at radius 2 is 0.489 bits per heavy atom. The van der Waals surface area contributed by atoms with Crippen molar-refractivity contribution in [3.05, 3.63) is 115 Å². The number of carbonyl (C=O) groups is 4. The van der Waals surface area contributed by atoms with Crippen LogP contribution in [0.4, 0.5) is 0 Å². The van der Waals surface area contributed by atoms with Gasteiger partial charge in [-0.3, -0.25) is 0 Å². The van der Waals surface area contributed by atoms with E-state index in [0.29, 0.717) is 36.2 Å². The number of rotatable bonds is 32. The second kappa shape index (κ2) is 34.8. The van der Waals surface area contributed by atoms with E-state index in [1.807, 2.05) is 0 Å². The van der Waals surface area contributed by atoms with E-state index in [4.69, 9.17) is 37.9 Å². The molecule has 5 rings (SSSR count). The molecule has 488 valence electrons. The standard InChI is InChI=1S/C76H112O12/c1-17-21-23-25-27-29-31-33-35-83-67(79)51-87-71-57-37-53-41-61(73(5,6)7)43-55(69(53)85-49-65(77)81-19-3)39-59-47-64(76(14,15)16)48-60(72(59)88-52-68(80)84-36-34-32-30-28-26-24-22-18-2)40-56-44-62(74(8,9)10)42-54(70(56)86-50-66(78)82-20-4)38-58(71)46-63(45-57)75(11,12)13/h41-48H,17-40,49-52H2,1-16H3. The number of ether oxygens (including phenoxy) is 8. The van der Waals surface area contributed by atoms with Crippen LogP contribution in [0.15, 0.2) is 48.5 Å². The molecule has 0 unspecified atom stereocenters.